The van der Waals surface area contributed by atoms with Crippen LogP contribution in [0.25, 0.3) is 22.0 Å². The summed E-state index contributed by atoms with van der Waals surface area (Å²) in [5.74, 6) is 0.800. The van der Waals surface area contributed by atoms with Gasteiger partial charge < -0.3 is 14.6 Å². The molecule has 3 rings (SSSR count). The summed E-state index contributed by atoms with van der Waals surface area (Å²) < 4.78 is 5.53. The monoisotopic (exact) mass is 308 g/mol. The smallest absolute Gasteiger partial charge is 0.256 e. The lowest BCUT2D eigenvalue weighted by Crippen LogP contribution is -2.11. The number of aromatic nitrogens is 1. The Morgan fingerprint density at radius 1 is 1.09 bits per heavy atom. The van der Waals surface area contributed by atoms with Crippen LogP contribution in [-0.4, -0.2) is 25.7 Å². The molecule has 2 aromatic carbocycles. The SMILES string of the molecule is CCOc1cccc(-c2cc3ccc(N(C)C)cc3c(=O)[nH]2)c1. The quantitative estimate of drug-likeness (QED) is 0.800. The summed E-state index contributed by atoms with van der Waals surface area (Å²) in [5.41, 5.74) is 2.66. The number of hydrogen-bond donors (Lipinski definition) is 1. The number of rotatable bonds is 4. The summed E-state index contributed by atoms with van der Waals surface area (Å²) in [5, 5.41) is 1.62. The van der Waals surface area contributed by atoms with Gasteiger partial charge in [-0.15, -0.1) is 0 Å². The summed E-state index contributed by atoms with van der Waals surface area (Å²) in [4.78, 5) is 17.4. The van der Waals surface area contributed by atoms with Crippen LogP contribution < -0.4 is 15.2 Å². The van der Waals surface area contributed by atoms with E-state index >= 15 is 0 Å². The van der Waals surface area contributed by atoms with E-state index in [2.05, 4.69) is 4.98 Å². The molecule has 0 amide bonds. The Morgan fingerprint density at radius 3 is 2.65 bits per heavy atom. The largest absolute Gasteiger partial charge is 0.494 e. The fraction of sp³-hybridized carbons (Fsp3) is 0.211. The first kappa shape index (κ1) is 15.2. The van der Waals surface area contributed by atoms with Crippen LogP contribution >= 0.6 is 0 Å². The Hall–Kier alpha value is -2.75. The normalized spacial score (nSPS) is 10.7. The average Bonchev–Trinajstić information content (AvgIpc) is 2.55. The van der Waals surface area contributed by atoms with E-state index in [1.54, 1.807) is 0 Å². The van der Waals surface area contributed by atoms with Crippen LogP contribution in [0.1, 0.15) is 6.92 Å². The molecule has 118 valence electrons. The molecule has 4 heteroatoms. The molecule has 1 heterocycles. The topological polar surface area (TPSA) is 45.3 Å². The van der Waals surface area contributed by atoms with Crippen LogP contribution in [0.2, 0.25) is 0 Å². The first-order valence-electron chi connectivity index (χ1n) is 7.66. The number of hydrogen-bond acceptors (Lipinski definition) is 3. The van der Waals surface area contributed by atoms with Crippen molar-refractivity contribution in [1.29, 1.82) is 0 Å². The molecule has 0 fully saturated rings. The number of benzene rings is 2. The molecule has 1 N–H and O–H groups in total. The van der Waals surface area contributed by atoms with Gasteiger partial charge >= 0.3 is 0 Å². The van der Waals surface area contributed by atoms with E-state index in [1.165, 1.54) is 0 Å². The van der Waals surface area contributed by atoms with Gasteiger partial charge in [-0.25, -0.2) is 0 Å². The van der Waals surface area contributed by atoms with Gasteiger partial charge in [0.15, 0.2) is 0 Å². The van der Waals surface area contributed by atoms with Crippen molar-refractivity contribution < 1.29 is 4.74 Å². The standard InChI is InChI=1S/C19H20N2O2/c1-4-23-16-7-5-6-14(10-16)18-11-13-8-9-15(21(2)3)12-17(13)19(22)20-18/h5-12H,4H2,1-3H3,(H,20,22). The molecule has 23 heavy (non-hydrogen) atoms. The molecule has 1 aromatic heterocycles. The van der Waals surface area contributed by atoms with Crippen molar-refractivity contribution in [1.82, 2.24) is 4.98 Å². The molecule has 0 atom stereocenters. The van der Waals surface area contributed by atoms with Crippen molar-refractivity contribution in [3.63, 3.8) is 0 Å². The molecule has 0 bridgehead atoms. The zero-order chi connectivity index (χ0) is 16.4. The number of fused-ring (bicyclic) bond motifs is 1. The van der Waals surface area contributed by atoms with Gasteiger partial charge in [0.25, 0.3) is 5.56 Å². The van der Waals surface area contributed by atoms with Gasteiger partial charge in [0.05, 0.1) is 6.61 Å². The molecule has 0 radical (unpaired) electrons. The van der Waals surface area contributed by atoms with Gasteiger partial charge in [0.1, 0.15) is 5.75 Å². The van der Waals surface area contributed by atoms with Crippen LogP contribution in [-0.2, 0) is 0 Å². The fourth-order valence-electron chi connectivity index (χ4n) is 2.60. The number of H-pyrrole nitrogens is 1. The molecule has 0 aliphatic carbocycles. The summed E-state index contributed by atoms with van der Waals surface area (Å²) in [7, 11) is 3.92. The molecule has 0 spiro atoms. The van der Waals surface area contributed by atoms with Crippen LogP contribution in [0.4, 0.5) is 5.69 Å². The van der Waals surface area contributed by atoms with Crippen molar-refractivity contribution in [2.45, 2.75) is 6.92 Å². The van der Waals surface area contributed by atoms with Crippen molar-refractivity contribution in [2.24, 2.45) is 0 Å². The Balaban J connectivity index is 2.11. The van der Waals surface area contributed by atoms with E-state index in [1.807, 2.05) is 74.4 Å². The Bertz CT molecular complexity index is 897. The average molecular weight is 308 g/mol. The van der Waals surface area contributed by atoms with Crippen molar-refractivity contribution in [3.8, 4) is 17.0 Å². The van der Waals surface area contributed by atoms with Crippen molar-refractivity contribution >= 4 is 16.5 Å². The molecule has 3 aromatic rings. The van der Waals surface area contributed by atoms with E-state index in [4.69, 9.17) is 4.74 Å². The second-order valence-corrected chi connectivity index (χ2v) is 5.64. The summed E-state index contributed by atoms with van der Waals surface area (Å²) in [6, 6.07) is 15.7. The molecule has 0 saturated heterocycles. The van der Waals surface area contributed by atoms with E-state index in [0.29, 0.717) is 12.0 Å². The maximum atomic E-state index is 12.5. The fourth-order valence-corrected chi connectivity index (χ4v) is 2.60. The number of pyridine rings is 1. The first-order chi connectivity index (χ1) is 11.1. The predicted molar refractivity (Wildman–Crippen MR) is 95.5 cm³/mol. The van der Waals surface area contributed by atoms with E-state index in [0.717, 1.165) is 28.1 Å². The Morgan fingerprint density at radius 2 is 1.91 bits per heavy atom. The zero-order valence-corrected chi connectivity index (χ0v) is 13.6. The molecular weight excluding hydrogens is 288 g/mol. The third-order valence-corrected chi connectivity index (χ3v) is 3.80. The minimum absolute atomic E-state index is 0.0805. The van der Waals surface area contributed by atoms with Crippen molar-refractivity contribution in [2.75, 3.05) is 25.6 Å². The maximum absolute atomic E-state index is 12.5. The van der Waals surface area contributed by atoms with Gasteiger partial charge in [0.2, 0.25) is 0 Å². The molecule has 0 aliphatic rings. The van der Waals surface area contributed by atoms with Crippen LogP contribution in [0.3, 0.4) is 0 Å². The lowest BCUT2D eigenvalue weighted by atomic mass is 10.1. The zero-order valence-electron chi connectivity index (χ0n) is 13.6. The van der Waals surface area contributed by atoms with E-state index in [-0.39, 0.29) is 5.56 Å². The minimum atomic E-state index is -0.0805. The lowest BCUT2D eigenvalue weighted by Gasteiger charge is -2.13. The number of nitrogens with one attached hydrogen (secondary N) is 1. The van der Waals surface area contributed by atoms with Gasteiger partial charge in [-0.1, -0.05) is 18.2 Å². The highest BCUT2D eigenvalue weighted by Crippen LogP contribution is 2.25. The predicted octanol–water partition coefficient (Wildman–Crippen LogP) is 3.66. The van der Waals surface area contributed by atoms with Crippen LogP contribution in [0, 0.1) is 0 Å². The third kappa shape index (κ3) is 3.06. The van der Waals surface area contributed by atoms with E-state index in [9.17, 15) is 4.79 Å². The third-order valence-electron chi connectivity index (χ3n) is 3.80. The highest BCUT2D eigenvalue weighted by molar-refractivity contribution is 5.88. The molecule has 4 nitrogen and oxygen atoms in total. The summed E-state index contributed by atoms with van der Waals surface area (Å²) in [6.45, 7) is 2.57. The molecular formula is C19H20N2O2. The highest BCUT2D eigenvalue weighted by Gasteiger charge is 2.07. The van der Waals surface area contributed by atoms with Gasteiger partial charge in [-0.3, -0.25) is 4.79 Å². The van der Waals surface area contributed by atoms with E-state index < -0.39 is 0 Å². The van der Waals surface area contributed by atoms with Crippen LogP contribution in [0.5, 0.6) is 5.75 Å². The number of ether oxygens (including phenoxy) is 1. The Labute approximate surface area is 135 Å². The molecule has 0 aliphatic heterocycles. The lowest BCUT2D eigenvalue weighted by molar-refractivity contribution is 0.340. The van der Waals surface area contributed by atoms with Crippen molar-refractivity contribution in [3.05, 3.63) is 58.9 Å². The number of aromatic amines is 1. The molecule has 0 unspecified atom stereocenters. The summed E-state index contributed by atoms with van der Waals surface area (Å²) in [6.07, 6.45) is 0. The second kappa shape index (κ2) is 6.16. The van der Waals surface area contributed by atoms with Gasteiger partial charge in [-0.05, 0) is 42.6 Å². The molecule has 0 saturated carbocycles. The maximum Gasteiger partial charge on any atom is 0.256 e. The van der Waals surface area contributed by atoms with Gasteiger partial charge in [0, 0.05) is 36.4 Å². The highest BCUT2D eigenvalue weighted by atomic mass is 16.5. The van der Waals surface area contributed by atoms with Gasteiger partial charge in [-0.2, -0.15) is 0 Å². The first-order valence-corrected chi connectivity index (χ1v) is 7.66. The summed E-state index contributed by atoms with van der Waals surface area (Å²) >= 11 is 0. The Kier molecular flexibility index (Phi) is 4.06. The van der Waals surface area contributed by atoms with Crippen LogP contribution in [0.15, 0.2) is 53.3 Å². The second-order valence-electron chi connectivity index (χ2n) is 5.64. The number of anilines is 1. The number of nitrogens with zero attached hydrogens (tertiary/aromatic N) is 1. The minimum Gasteiger partial charge on any atom is -0.494 e.